The summed E-state index contributed by atoms with van der Waals surface area (Å²) in [4.78, 5) is 52.7. The lowest BCUT2D eigenvalue weighted by Crippen LogP contribution is -2.29. The minimum absolute atomic E-state index is 0.00611. The van der Waals surface area contributed by atoms with Crippen molar-refractivity contribution in [2.75, 3.05) is 26.4 Å². The van der Waals surface area contributed by atoms with Crippen molar-refractivity contribution >= 4 is 27.6 Å². The van der Waals surface area contributed by atoms with E-state index in [2.05, 4.69) is 47.2 Å². The van der Waals surface area contributed by atoms with Crippen LogP contribution in [-0.4, -0.2) is 81.6 Å². The Morgan fingerprint density at radius 1 is 0.550 bits per heavy atom. The van der Waals surface area contributed by atoms with Gasteiger partial charge in [0.15, 0.2) is 6.10 Å². The van der Waals surface area contributed by atoms with Crippen LogP contribution in [0.15, 0.2) is 60.8 Å². The lowest BCUT2D eigenvalue weighted by Gasteiger charge is -2.20. The Hall–Kier alpha value is -2.22. The van der Waals surface area contributed by atoms with Gasteiger partial charge in [-0.2, -0.15) is 0 Å². The van der Waals surface area contributed by atoms with Gasteiger partial charge in [-0.1, -0.05) is 139 Å². The first-order valence-electron chi connectivity index (χ1n) is 22.1. The standard InChI is InChI=1S/C44H78O14P2/c1-3-5-7-9-11-13-14-15-16-17-18-20-22-26-30-34-43(47)54-38-42(39-57-60(52,53)56-37-41(46)36-55-59(49,50)51)58-44(48)35-31-27-23-25-29-33-40(45)32-28-24-21-19-12-10-8-6-4-2/h12-14,19,23-25,28-29,33,40-42,45-46H,3-11,15-18,20-22,26-27,30-32,34-39H2,1-2H3,(H,52,53)(H2,49,50,51)/b14-13-,19-12-,25-23+,28-24-,33-29-/t40?,41-,42+/m0/s1. The second-order valence-electron chi connectivity index (χ2n) is 14.8. The van der Waals surface area contributed by atoms with Crippen LogP contribution in [0.4, 0.5) is 0 Å². The lowest BCUT2D eigenvalue weighted by atomic mass is 10.1. The molecule has 0 amide bonds. The van der Waals surface area contributed by atoms with Gasteiger partial charge in [0.1, 0.15) is 12.7 Å². The van der Waals surface area contributed by atoms with E-state index in [4.69, 9.17) is 23.8 Å². The highest BCUT2D eigenvalue weighted by molar-refractivity contribution is 7.47. The molecule has 0 aromatic carbocycles. The number of hydrogen-bond donors (Lipinski definition) is 5. The van der Waals surface area contributed by atoms with Gasteiger partial charge >= 0.3 is 27.6 Å². The molecule has 0 aliphatic carbocycles. The van der Waals surface area contributed by atoms with E-state index in [9.17, 15) is 33.8 Å². The van der Waals surface area contributed by atoms with Crippen molar-refractivity contribution < 1.29 is 66.7 Å². The molecular weight excluding hydrogens is 814 g/mol. The maximum atomic E-state index is 12.6. The molecular formula is C44H78O14P2. The number of carbonyl (C=O) groups excluding carboxylic acids is 2. The number of aliphatic hydroxyl groups excluding tert-OH is 2. The maximum Gasteiger partial charge on any atom is 0.472 e. The van der Waals surface area contributed by atoms with E-state index >= 15 is 0 Å². The van der Waals surface area contributed by atoms with Crippen LogP contribution in [0.5, 0.6) is 0 Å². The van der Waals surface area contributed by atoms with E-state index in [1.165, 1.54) is 64.2 Å². The molecule has 0 aromatic rings. The molecule has 0 saturated heterocycles. The first-order valence-corrected chi connectivity index (χ1v) is 25.1. The van der Waals surface area contributed by atoms with Crippen molar-refractivity contribution in [3.63, 3.8) is 0 Å². The Labute approximate surface area is 360 Å². The van der Waals surface area contributed by atoms with Crippen molar-refractivity contribution in [2.45, 2.75) is 180 Å². The van der Waals surface area contributed by atoms with Gasteiger partial charge in [0.2, 0.25) is 0 Å². The van der Waals surface area contributed by atoms with Crippen LogP contribution in [0.1, 0.15) is 162 Å². The maximum absolute atomic E-state index is 12.6. The Bertz CT molecular complexity index is 1310. The molecule has 0 heterocycles. The van der Waals surface area contributed by atoms with Gasteiger partial charge < -0.3 is 34.4 Å². The molecule has 4 atom stereocenters. The molecule has 0 radical (unpaired) electrons. The van der Waals surface area contributed by atoms with Crippen LogP contribution in [0, 0.1) is 0 Å². The molecule has 0 fully saturated rings. The minimum Gasteiger partial charge on any atom is -0.462 e. The van der Waals surface area contributed by atoms with Crippen molar-refractivity contribution in [1.82, 2.24) is 0 Å². The SMILES string of the molecule is CCCCC/C=C\C/C=C\CC(O)/C=C\C=C\CCCC(=O)O[C@H](COC(=O)CCCCCCCCC/C=C\CCCCCC)COP(=O)(O)OC[C@@H](O)COP(=O)(O)O. The normalized spacial score (nSPS) is 15.1. The summed E-state index contributed by atoms with van der Waals surface area (Å²) >= 11 is 0. The average Bonchev–Trinajstić information content (AvgIpc) is 3.20. The number of unbranched alkanes of at least 4 members (excludes halogenated alkanes) is 15. The number of esters is 2. The molecule has 16 heteroatoms. The first-order chi connectivity index (χ1) is 28.8. The highest BCUT2D eigenvalue weighted by atomic mass is 31.2. The number of aliphatic hydroxyl groups is 2. The summed E-state index contributed by atoms with van der Waals surface area (Å²) in [5.74, 6) is -1.17. The van der Waals surface area contributed by atoms with E-state index in [-0.39, 0.29) is 12.8 Å². The van der Waals surface area contributed by atoms with Crippen LogP contribution in [0.2, 0.25) is 0 Å². The van der Waals surface area contributed by atoms with Crippen molar-refractivity contribution in [3.8, 4) is 0 Å². The van der Waals surface area contributed by atoms with Crippen molar-refractivity contribution in [3.05, 3.63) is 60.8 Å². The van der Waals surface area contributed by atoms with Gasteiger partial charge in [-0.05, 0) is 70.6 Å². The van der Waals surface area contributed by atoms with Crippen LogP contribution in [-0.2, 0) is 41.8 Å². The molecule has 0 bridgehead atoms. The van der Waals surface area contributed by atoms with Gasteiger partial charge in [0.05, 0.1) is 25.9 Å². The number of carbonyl (C=O) groups is 2. The Kier molecular flexibility index (Phi) is 38.1. The topological polar surface area (TPSA) is 216 Å². The van der Waals surface area contributed by atoms with Crippen LogP contribution >= 0.6 is 15.6 Å². The summed E-state index contributed by atoms with van der Waals surface area (Å²) in [6.45, 7) is 1.54. The summed E-state index contributed by atoms with van der Waals surface area (Å²) in [5.41, 5.74) is 0. The fourth-order valence-corrected chi connectivity index (χ4v) is 6.69. The quantitative estimate of drug-likeness (QED) is 0.0127. The second kappa shape index (κ2) is 39.6. The number of allylic oxidation sites excluding steroid dienone is 8. The smallest absolute Gasteiger partial charge is 0.462 e. The molecule has 0 saturated carbocycles. The number of phosphoric ester groups is 2. The molecule has 2 unspecified atom stereocenters. The summed E-state index contributed by atoms with van der Waals surface area (Å²) in [7, 11) is -9.73. The van der Waals surface area contributed by atoms with Gasteiger partial charge in [-0.3, -0.25) is 23.2 Å². The fourth-order valence-electron chi connectivity index (χ4n) is 5.53. The second-order valence-corrected chi connectivity index (χ2v) is 17.5. The van der Waals surface area contributed by atoms with E-state index in [0.29, 0.717) is 25.7 Å². The fraction of sp³-hybridized carbons (Fsp3) is 0.727. The van der Waals surface area contributed by atoms with Crippen molar-refractivity contribution in [1.29, 1.82) is 0 Å². The number of hydrogen-bond acceptors (Lipinski definition) is 11. The third-order valence-corrected chi connectivity index (χ3v) is 10.4. The monoisotopic (exact) mass is 892 g/mol. The molecule has 0 aromatic heterocycles. The molecule has 0 rings (SSSR count). The van der Waals surface area contributed by atoms with Gasteiger partial charge in [-0.15, -0.1) is 0 Å². The molecule has 348 valence electrons. The lowest BCUT2D eigenvalue weighted by molar-refractivity contribution is -0.161. The molecule has 0 aliphatic heterocycles. The summed E-state index contributed by atoms with van der Waals surface area (Å²) in [6, 6.07) is 0. The van der Waals surface area contributed by atoms with Gasteiger partial charge in [0, 0.05) is 12.8 Å². The molecule has 60 heavy (non-hydrogen) atoms. The molecule has 14 nitrogen and oxygen atoms in total. The third kappa shape index (κ3) is 42.5. The van der Waals surface area contributed by atoms with Gasteiger partial charge in [-0.25, -0.2) is 9.13 Å². The Morgan fingerprint density at radius 3 is 1.73 bits per heavy atom. The first kappa shape index (κ1) is 57.8. The zero-order valence-electron chi connectivity index (χ0n) is 36.4. The van der Waals surface area contributed by atoms with Crippen molar-refractivity contribution in [2.24, 2.45) is 0 Å². The Balaban J connectivity index is 4.71. The largest absolute Gasteiger partial charge is 0.472 e. The zero-order chi connectivity index (χ0) is 44.6. The van der Waals surface area contributed by atoms with E-state index < -0.39 is 72.3 Å². The summed E-state index contributed by atoms with van der Waals surface area (Å²) in [5, 5.41) is 19.9. The highest BCUT2D eigenvalue weighted by Crippen LogP contribution is 2.43. The summed E-state index contributed by atoms with van der Waals surface area (Å²) < 4.78 is 47.6. The minimum atomic E-state index is -4.88. The average molecular weight is 893 g/mol. The molecule has 0 aliphatic rings. The number of ether oxygens (including phenoxy) is 2. The van der Waals surface area contributed by atoms with E-state index in [1.807, 2.05) is 18.2 Å². The Morgan fingerprint density at radius 2 is 1.07 bits per heavy atom. The van der Waals surface area contributed by atoms with Gasteiger partial charge in [0.25, 0.3) is 0 Å². The predicted molar refractivity (Wildman–Crippen MR) is 236 cm³/mol. The zero-order valence-corrected chi connectivity index (χ0v) is 38.2. The molecule has 5 N–H and O–H groups in total. The van der Waals surface area contributed by atoms with Crippen LogP contribution < -0.4 is 0 Å². The number of phosphoric acid groups is 2. The van der Waals surface area contributed by atoms with Crippen LogP contribution in [0.3, 0.4) is 0 Å². The highest BCUT2D eigenvalue weighted by Gasteiger charge is 2.28. The molecule has 0 spiro atoms. The predicted octanol–water partition coefficient (Wildman–Crippen LogP) is 10.2. The van der Waals surface area contributed by atoms with E-state index in [1.54, 1.807) is 18.2 Å². The number of rotatable bonds is 41. The third-order valence-electron chi connectivity index (χ3n) is 8.95. The van der Waals surface area contributed by atoms with Crippen LogP contribution in [0.25, 0.3) is 0 Å². The summed E-state index contributed by atoms with van der Waals surface area (Å²) in [6.07, 6.45) is 38.1. The van der Waals surface area contributed by atoms with E-state index in [0.717, 1.165) is 44.9 Å².